The molecule has 0 bridgehead atoms. The number of phenols is 2. The van der Waals surface area contributed by atoms with Gasteiger partial charge in [-0.05, 0) is 66.3 Å². The highest BCUT2D eigenvalue weighted by Crippen LogP contribution is 2.40. The quantitative estimate of drug-likeness (QED) is 0.143. The summed E-state index contributed by atoms with van der Waals surface area (Å²) in [6.07, 6.45) is 19.1. The molecule has 37 heavy (non-hydrogen) atoms. The van der Waals surface area contributed by atoms with Crippen molar-refractivity contribution < 1.29 is 10.2 Å². The first-order valence-electron chi connectivity index (χ1n) is 14.7. The molecule has 0 heterocycles. The molecule has 2 N–H and O–H groups in total. The maximum atomic E-state index is 9.82. The number of aromatic hydroxyl groups is 2. The van der Waals surface area contributed by atoms with Gasteiger partial charge in [-0.1, -0.05) is 133 Å². The molecule has 0 spiro atoms. The first-order chi connectivity index (χ1) is 18.0. The highest BCUT2D eigenvalue weighted by Gasteiger charge is 2.31. The van der Waals surface area contributed by atoms with E-state index in [1.165, 1.54) is 94.6 Å². The Balaban J connectivity index is 1.46. The van der Waals surface area contributed by atoms with Gasteiger partial charge in [-0.3, -0.25) is 0 Å². The van der Waals surface area contributed by atoms with Crippen LogP contribution in [0.2, 0.25) is 0 Å². The van der Waals surface area contributed by atoms with Crippen LogP contribution in [0.5, 0.6) is 11.5 Å². The van der Waals surface area contributed by atoms with Gasteiger partial charge in [0, 0.05) is 5.41 Å². The molecule has 0 saturated carbocycles. The number of unbranched alkanes of at least 4 members (excludes halogenated alkanes) is 12. The fourth-order valence-electron chi connectivity index (χ4n) is 5.44. The number of rotatable bonds is 17. The second-order valence-corrected chi connectivity index (χ2v) is 10.9. The van der Waals surface area contributed by atoms with Crippen molar-refractivity contribution >= 4 is 0 Å². The van der Waals surface area contributed by atoms with E-state index in [1.54, 1.807) is 24.3 Å². The molecule has 2 heteroatoms. The predicted molar refractivity (Wildman–Crippen MR) is 158 cm³/mol. The number of aryl methyl sites for hydroxylation is 1. The van der Waals surface area contributed by atoms with E-state index in [9.17, 15) is 10.2 Å². The van der Waals surface area contributed by atoms with E-state index in [-0.39, 0.29) is 16.9 Å². The van der Waals surface area contributed by atoms with Crippen LogP contribution in [0.25, 0.3) is 0 Å². The van der Waals surface area contributed by atoms with Crippen LogP contribution in [-0.4, -0.2) is 10.2 Å². The number of phenolic OH excluding ortho intramolecular Hbond substituents is 2. The molecule has 0 fully saturated rings. The van der Waals surface area contributed by atoms with Crippen LogP contribution in [-0.2, 0) is 11.8 Å². The van der Waals surface area contributed by atoms with Crippen molar-refractivity contribution in [1.82, 2.24) is 0 Å². The summed E-state index contributed by atoms with van der Waals surface area (Å²) in [6.45, 7) is 4.50. The van der Waals surface area contributed by atoms with Crippen LogP contribution in [0.4, 0.5) is 0 Å². The van der Waals surface area contributed by atoms with Crippen molar-refractivity contribution in [3.63, 3.8) is 0 Å². The van der Waals surface area contributed by atoms with Crippen molar-refractivity contribution in [1.29, 1.82) is 0 Å². The molecule has 2 nitrogen and oxygen atoms in total. The Kier molecular flexibility index (Phi) is 12.1. The fraction of sp³-hybridized carbons (Fsp3) is 0.486. The molecular weight excluding hydrogens is 452 g/mol. The molecule has 0 aliphatic rings. The third-order valence-corrected chi connectivity index (χ3v) is 7.99. The molecule has 3 aromatic carbocycles. The van der Waals surface area contributed by atoms with E-state index < -0.39 is 0 Å². The summed E-state index contributed by atoms with van der Waals surface area (Å²) in [5.41, 5.74) is 4.44. The number of hydrogen-bond acceptors (Lipinski definition) is 2. The molecule has 3 aromatic rings. The number of benzene rings is 3. The third kappa shape index (κ3) is 8.95. The van der Waals surface area contributed by atoms with Crippen molar-refractivity contribution in [3.05, 3.63) is 95.1 Å². The van der Waals surface area contributed by atoms with Crippen molar-refractivity contribution in [3.8, 4) is 11.5 Å². The lowest BCUT2D eigenvalue weighted by atomic mass is 9.71. The van der Waals surface area contributed by atoms with Gasteiger partial charge < -0.3 is 10.2 Å². The molecule has 0 aromatic heterocycles. The summed E-state index contributed by atoms with van der Waals surface area (Å²) in [5.74, 6) is 0.537. The highest BCUT2D eigenvalue weighted by atomic mass is 16.3. The average molecular weight is 501 g/mol. The van der Waals surface area contributed by atoms with Gasteiger partial charge in [0.2, 0.25) is 0 Å². The molecule has 0 unspecified atom stereocenters. The van der Waals surface area contributed by atoms with Gasteiger partial charge in [-0.15, -0.1) is 0 Å². The summed E-state index contributed by atoms with van der Waals surface area (Å²) in [4.78, 5) is 0. The lowest BCUT2D eigenvalue weighted by molar-refractivity contribution is 0.474. The minimum absolute atomic E-state index is 0.268. The van der Waals surface area contributed by atoms with Gasteiger partial charge in [0.15, 0.2) is 0 Å². The zero-order chi connectivity index (χ0) is 26.3. The Morgan fingerprint density at radius 1 is 0.459 bits per heavy atom. The van der Waals surface area contributed by atoms with E-state index in [2.05, 4.69) is 38.1 Å². The lowest BCUT2D eigenvalue weighted by Crippen LogP contribution is -2.25. The van der Waals surface area contributed by atoms with Crippen LogP contribution in [0, 0.1) is 0 Å². The van der Waals surface area contributed by atoms with Crippen LogP contribution >= 0.6 is 0 Å². The summed E-state index contributed by atoms with van der Waals surface area (Å²) in [7, 11) is 0. The van der Waals surface area contributed by atoms with E-state index in [1.807, 2.05) is 24.3 Å². The summed E-state index contributed by atoms with van der Waals surface area (Å²) in [6, 6.07) is 24.0. The van der Waals surface area contributed by atoms with E-state index in [0.717, 1.165) is 17.5 Å². The Hall–Kier alpha value is -2.74. The molecule has 0 amide bonds. The summed E-state index contributed by atoms with van der Waals surface area (Å²) >= 11 is 0. The molecule has 0 saturated heterocycles. The fourth-order valence-corrected chi connectivity index (χ4v) is 5.44. The highest BCUT2D eigenvalue weighted by molar-refractivity contribution is 5.51. The van der Waals surface area contributed by atoms with E-state index in [4.69, 9.17) is 0 Å². The van der Waals surface area contributed by atoms with Crippen molar-refractivity contribution in [2.24, 2.45) is 0 Å². The van der Waals surface area contributed by atoms with Gasteiger partial charge in [0.25, 0.3) is 0 Å². The first-order valence-corrected chi connectivity index (χ1v) is 14.7. The van der Waals surface area contributed by atoms with E-state index in [0.29, 0.717) is 0 Å². The lowest BCUT2D eigenvalue weighted by Gasteiger charge is -2.32. The first kappa shape index (κ1) is 28.8. The molecular formula is C35H48O2. The smallest absolute Gasteiger partial charge is 0.115 e. The van der Waals surface area contributed by atoms with Gasteiger partial charge in [-0.25, -0.2) is 0 Å². The van der Waals surface area contributed by atoms with Crippen LogP contribution in [0.15, 0.2) is 72.8 Å². The summed E-state index contributed by atoms with van der Waals surface area (Å²) in [5, 5.41) is 19.6. The molecule has 3 rings (SSSR count). The SMILES string of the molecule is CCCCCCCCCCCCCCCc1ccc(C(C)(c2ccc(O)cc2)c2ccc(O)cc2)cc1. The zero-order valence-electron chi connectivity index (χ0n) is 23.2. The Morgan fingerprint density at radius 2 is 0.784 bits per heavy atom. The topological polar surface area (TPSA) is 40.5 Å². The maximum Gasteiger partial charge on any atom is 0.115 e. The Morgan fingerprint density at radius 3 is 1.16 bits per heavy atom. The molecule has 200 valence electrons. The second kappa shape index (κ2) is 15.5. The van der Waals surface area contributed by atoms with E-state index >= 15 is 0 Å². The molecule has 0 aliphatic carbocycles. The van der Waals surface area contributed by atoms with Crippen molar-refractivity contribution in [2.45, 2.75) is 109 Å². The largest absolute Gasteiger partial charge is 0.508 e. The Labute approximate surface area is 225 Å². The summed E-state index contributed by atoms with van der Waals surface area (Å²) < 4.78 is 0. The molecule has 0 radical (unpaired) electrons. The predicted octanol–water partition coefficient (Wildman–Crippen LogP) is 10.1. The van der Waals surface area contributed by atoms with Gasteiger partial charge >= 0.3 is 0 Å². The normalized spacial score (nSPS) is 11.6. The minimum atomic E-state index is -0.380. The van der Waals surface area contributed by atoms with Crippen LogP contribution in [0.3, 0.4) is 0 Å². The third-order valence-electron chi connectivity index (χ3n) is 7.99. The maximum absolute atomic E-state index is 9.82. The average Bonchev–Trinajstić information content (AvgIpc) is 2.92. The Bertz CT molecular complexity index is 957. The van der Waals surface area contributed by atoms with Crippen molar-refractivity contribution in [2.75, 3.05) is 0 Å². The van der Waals surface area contributed by atoms with Gasteiger partial charge in [0.05, 0.1) is 0 Å². The van der Waals surface area contributed by atoms with Crippen LogP contribution < -0.4 is 0 Å². The molecule has 0 atom stereocenters. The second-order valence-electron chi connectivity index (χ2n) is 10.9. The van der Waals surface area contributed by atoms with Gasteiger partial charge in [0.1, 0.15) is 11.5 Å². The minimum Gasteiger partial charge on any atom is -0.508 e. The van der Waals surface area contributed by atoms with Gasteiger partial charge in [-0.2, -0.15) is 0 Å². The molecule has 0 aliphatic heterocycles. The van der Waals surface area contributed by atoms with Crippen LogP contribution in [0.1, 0.15) is 120 Å². The standard InChI is InChI=1S/C35H48O2/c1-3-4-5-6-7-8-9-10-11-12-13-14-15-16-29-17-19-30(20-18-29)35(2,31-21-25-33(36)26-22-31)32-23-27-34(37)28-24-32/h17-28,36-37H,3-16H2,1-2H3. The monoisotopic (exact) mass is 500 g/mol. The number of hydrogen-bond donors (Lipinski definition) is 2. The zero-order valence-corrected chi connectivity index (χ0v) is 23.2.